The topological polar surface area (TPSA) is 66.8 Å². The number of aliphatic hydroxyl groups excluding tert-OH is 2. The van der Waals surface area contributed by atoms with E-state index in [1.54, 1.807) is 0 Å². The number of carbonyl (C=O) groups is 1. The summed E-state index contributed by atoms with van der Waals surface area (Å²) in [5, 5.41) is 16.5. The molecule has 0 amide bonds. The quantitative estimate of drug-likeness (QED) is 0.452. The first-order valence-corrected chi connectivity index (χ1v) is 2.63. The summed E-state index contributed by atoms with van der Waals surface area (Å²) in [6.45, 7) is -0.377. The van der Waals surface area contributed by atoms with Crippen molar-refractivity contribution in [1.29, 1.82) is 0 Å². The van der Waals surface area contributed by atoms with Gasteiger partial charge in [-0.25, -0.2) is 0 Å². The van der Waals surface area contributed by atoms with Gasteiger partial charge < -0.3 is 19.7 Å². The summed E-state index contributed by atoms with van der Waals surface area (Å²) in [5.74, 6) is 0. The lowest BCUT2D eigenvalue weighted by molar-refractivity contribution is -0.121. The minimum Gasteiger partial charge on any atom is -0.394 e. The Balaban J connectivity index is 3.20. The largest absolute Gasteiger partial charge is 0.394 e. The van der Waals surface area contributed by atoms with E-state index in [9.17, 15) is 4.79 Å². The molecule has 0 aromatic rings. The van der Waals surface area contributed by atoms with Gasteiger partial charge in [0.25, 0.3) is 0 Å². The molecule has 0 fully saturated rings. The van der Waals surface area contributed by atoms with Gasteiger partial charge in [0, 0.05) is 0 Å². The van der Waals surface area contributed by atoms with Crippen molar-refractivity contribution < 1.29 is 19.7 Å². The van der Waals surface area contributed by atoms with Crippen LogP contribution in [0.3, 0.4) is 0 Å². The summed E-state index contributed by atoms with van der Waals surface area (Å²) in [7, 11) is 0. The van der Waals surface area contributed by atoms with E-state index in [4.69, 9.17) is 10.2 Å². The number of aldehydes is 1. The lowest BCUT2D eigenvalue weighted by atomic mass is 10.4. The van der Waals surface area contributed by atoms with Crippen molar-refractivity contribution >= 4 is 6.29 Å². The molecule has 0 bridgehead atoms. The average Bonchev–Trinajstić information content (AvgIpc) is 1.91. The first-order chi connectivity index (χ1) is 4.35. The molecule has 4 nitrogen and oxygen atoms in total. The lowest BCUT2D eigenvalue weighted by Crippen LogP contribution is -2.20. The van der Waals surface area contributed by atoms with E-state index in [0.717, 1.165) is 0 Å². The standard InChI is InChI=1S/C5H10O4/c6-1-2-9-5(3-7)4-8/h3,5-6,8H,1-2,4H2. The molecule has 0 aliphatic rings. The second-order valence-corrected chi connectivity index (χ2v) is 1.45. The molecule has 0 rings (SSSR count). The Hall–Kier alpha value is -0.450. The first kappa shape index (κ1) is 8.55. The van der Waals surface area contributed by atoms with Crippen LogP contribution in [0, 0.1) is 0 Å². The molecule has 9 heavy (non-hydrogen) atoms. The Labute approximate surface area is 53.1 Å². The maximum absolute atomic E-state index is 9.88. The summed E-state index contributed by atoms with van der Waals surface area (Å²) in [5.41, 5.74) is 0. The Morgan fingerprint density at radius 2 is 2.22 bits per heavy atom. The van der Waals surface area contributed by atoms with Gasteiger partial charge in [0.15, 0.2) is 6.29 Å². The number of hydrogen-bond donors (Lipinski definition) is 2. The van der Waals surface area contributed by atoms with Crippen LogP contribution in [-0.2, 0) is 9.53 Å². The van der Waals surface area contributed by atoms with Crippen LogP contribution < -0.4 is 0 Å². The third kappa shape index (κ3) is 4.08. The molecule has 0 spiro atoms. The highest BCUT2D eigenvalue weighted by atomic mass is 16.5. The highest BCUT2D eigenvalue weighted by Gasteiger charge is 2.02. The monoisotopic (exact) mass is 134 g/mol. The average molecular weight is 134 g/mol. The summed E-state index contributed by atoms with van der Waals surface area (Å²) in [4.78, 5) is 9.88. The zero-order valence-electron chi connectivity index (χ0n) is 4.99. The number of aliphatic hydroxyl groups is 2. The molecule has 1 atom stereocenters. The first-order valence-electron chi connectivity index (χ1n) is 2.63. The van der Waals surface area contributed by atoms with Crippen molar-refractivity contribution in [2.24, 2.45) is 0 Å². The fourth-order valence-electron chi connectivity index (χ4n) is 0.339. The van der Waals surface area contributed by atoms with Crippen LogP contribution >= 0.6 is 0 Å². The Morgan fingerprint density at radius 1 is 1.56 bits per heavy atom. The van der Waals surface area contributed by atoms with E-state index >= 15 is 0 Å². The van der Waals surface area contributed by atoms with Crippen LogP contribution in [0.2, 0.25) is 0 Å². The van der Waals surface area contributed by atoms with Crippen LogP contribution in [0.4, 0.5) is 0 Å². The van der Waals surface area contributed by atoms with Crippen molar-refractivity contribution in [1.82, 2.24) is 0 Å². The van der Waals surface area contributed by atoms with Crippen LogP contribution in [0.1, 0.15) is 0 Å². The van der Waals surface area contributed by atoms with Crippen molar-refractivity contribution in [3.05, 3.63) is 0 Å². The van der Waals surface area contributed by atoms with Gasteiger partial charge in [0.05, 0.1) is 19.8 Å². The van der Waals surface area contributed by atoms with E-state index in [2.05, 4.69) is 4.74 Å². The van der Waals surface area contributed by atoms with Gasteiger partial charge in [0.1, 0.15) is 6.10 Å². The molecular weight excluding hydrogens is 124 g/mol. The third-order valence-electron chi connectivity index (χ3n) is 0.755. The SMILES string of the molecule is O=CC(CO)OCCO. The highest BCUT2D eigenvalue weighted by molar-refractivity contribution is 5.55. The molecule has 0 heterocycles. The number of rotatable bonds is 5. The number of hydrogen-bond acceptors (Lipinski definition) is 4. The molecule has 1 unspecified atom stereocenters. The zero-order valence-corrected chi connectivity index (χ0v) is 4.99. The fraction of sp³-hybridized carbons (Fsp3) is 0.800. The molecular formula is C5H10O4. The predicted octanol–water partition coefficient (Wildman–Crippen LogP) is -1.44. The fourth-order valence-corrected chi connectivity index (χ4v) is 0.339. The van der Waals surface area contributed by atoms with Gasteiger partial charge in [-0.3, -0.25) is 0 Å². The van der Waals surface area contributed by atoms with Crippen LogP contribution in [0.25, 0.3) is 0 Å². The highest BCUT2D eigenvalue weighted by Crippen LogP contribution is 1.83. The third-order valence-corrected chi connectivity index (χ3v) is 0.755. The summed E-state index contributed by atoms with van der Waals surface area (Å²) < 4.78 is 4.62. The van der Waals surface area contributed by atoms with E-state index in [1.165, 1.54) is 0 Å². The number of carbonyl (C=O) groups excluding carboxylic acids is 1. The lowest BCUT2D eigenvalue weighted by Gasteiger charge is -2.05. The van der Waals surface area contributed by atoms with Gasteiger partial charge in [0.2, 0.25) is 0 Å². The van der Waals surface area contributed by atoms with Gasteiger partial charge >= 0.3 is 0 Å². The molecule has 4 heteroatoms. The molecule has 0 aliphatic carbocycles. The molecule has 0 aliphatic heterocycles. The van der Waals surface area contributed by atoms with Crippen molar-refractivity contribution in [3.63, 3.8) is 0 Å². The summed E-state index contributed by atoms with van der Waals surface area (Å²) >= 11 is 0. The molecule has 0 aromatic heterocycles. The second kappa shape index (κ2) is 5.68. The van der Waals surface area contributed by atoms with Gasteiger partial charge in [-0.05, 0) is 0 Å². The maximum atomic E-state index is 9.88. The second-order valence-electron chi connectivity index (χ2n) is 1.45. The van der Waals surface area contributed by atoms with Gasteiger partial charge in [-0.15, -0.1) is 0 Å². The normalized spacial score (nSPS) is 13.1. The Bertz CT molecular complexity index is 73.4. The molecule has 0 aromatic carbocycles. The van der Waals surface area contributed by atoms with E-state index in [0.29, 0.717) is 6.29 Å². The molecule has 0 saturated heterocycles. The molecule has 2 N–H and O–H groups in total. The summed E-state index contributed by atoms with van der Waals surface area (Å²) in [6.07, 6.45) is -0.285. The van der Waals surface area contributed by atoms with Gasteiger partial charge in [-0.1, -0.05) is 0 Å². The zero-order chi connectivity index (χ0) is 7.11. The maximum Gasteiger partial charge on any atom is 0.151 e. The van der Waals surface area contributed by atoms with Crippen molar-refractivity contribution in [2.75, 3.05) is 19.8 Å². The minimum absolute atomic E-state index is 0.0873. The molecule has 0 saturated carbocycles. The smallest absolute Gasteiger partial charge is 0.151 e. The molecule has 0 radical (unpaired) electrons. The van der Waals surface area contributed by atoms with Gasteiger partial charge in [-0.2, -0.15) is 0 Å². The van der Waals surface area contributed by atoms with E-state index < -0.39 is 6.10 Å². The predicted molar refractivity (Wildman–Crippen MR) is 30.0 cm³/mol. The van der Waals surface area contributed by atoms with E-state index in [1.807, 2.05) is 0 Å². The summed E-state index contributed by atoms with van der Waals surface area (Å²) in [6, 6.07) is 0. The van der Waals surface area contributed by atoms with Crippen molar-refractivity contribution in [2.45, 2.75) is 6.10 Å². The number of ether oxygens (including phenoxy) is 1. The van der Waals surface area contributed by atoms with Crippen LogP contribution in [0.5, 0.6) is 0 Å². The Morgan fingerprint density at radius 3 is 2.56 bits per heavy atom. The van der Waals surface area contributed by atoms with Crippen LogP contribution in [-0.4, -0.2) is 42.4 Å². The van der Waals surface area contributed by atoms with E-state index in [-0.39, 0.29) is 19.8 Å². The minimum atomic E-state index is -0.780. The molecule has 54 valence electrons. The Kier molecular flexibility index (Phi) is 5.40. The van der Waals surface area contributed by atoms with Crippen LogP contribution in [0.15, 0.2) is 0 Å². The van der Waals surface area contributed by atoms with Crippen molar-refractivity contribution in [3.8, 4) is 0 Å².